The molecule has 1 aliphatic carbocycles. The minimum atomic E-state index is -0.423. The van der Waals surface area contributed by atoms with Gasteiger partial charge >= 0.3 is 0 Å². The fourth-order valence-electron chi connectivity index (χ4n) is 2.93. The monoisotopic (exact) mass is 443 g/mol. The molecule has 1 heterocycles. The maximum Gasteiger partial charge on any atom is 0.265 e. The van der Waals surface area contributed by atoms with E-state index in [1.165, 1.54) is 11.8 Å². The second kappa shape index (κ2) is 9.98. The number of hydrogen-bond acceptors (Lipinski definition) is 7. The Morgan fingerprint density at radius 2 is 2.03 bits per heavy atom. The van der Waals surface area contributed by atoms with Crippen LogP contribution in [0.15, 0.2) is 82.4 Å². The summed E-state index contributed by atoms with van der Waals surface area (Å²) in [6.45, 7) is 0. The van der Waals surface area contributed by atoms with Crippen LogP contribution in [0.4, 0.5) is 17.3 Å². The van der Waals surface area contributed by atoms with Gasteiger partial charge in [0, 0.05) is 16.8 Å². The number of nitrogens with one attached hydrogen (secondary N) is 2. The quantitative estimate of drug-likeness (QED) is 0.281. The summed E-state index contributed by atoms with van der Waals surface area (Å²) in [5, 5.41) is 16.0. The van der Waals surface area contributed by atoms with E-state index in [-0.39, 0.29) is 5.57 Å². The zero-order chi connectivity index (χ0) is 22.3. The maximum atomic E-state index is 12.5. The predicted octanol–water partition coefficient (Wildman–Crippen LogP) is 5.18. The van der Waals surface area contributed by atoms with Crippen LogP contribution < -0.4 is 15.4 Å². The topological polar surface area (TPSA) is 99.9 Å². The van der Waals surface area contributed by atoms with Gasteiger partial charge in [-0.2, -0.15) is 5.26 Å². The molecular formula is C24H21N5O2S. The third-order valence-corrected chi connectivity index (χ3v) is 5.63. The Kier molecular flexibility index (Phi) is 6.68. The Balaban J connectivity index is 1.51. The van der Waals surface area contributed by atoms with Gasteiger partial charge in [-0.15, -0.1) is 0 Å². The summed E-state index contributed by atoms with van der Waals surface area (Å²) in [7, 11) is 1.56. The molecule has 0 radical (unpaired) electrons. The van der Waals surface area contributed by atoms with Crippen LogP contribution >= 0.6 is 11.8 Å². The Morgan fingerprint density at radius 3 is 2.75 bits per heavy atom. The van der Waals surface area contributed by atoms with Crippen molar-refractivity contribution in [2.75, 3.05) is 17.7 Å². The zero-order valence-corrected chi connectivity index (χ0v) is 18.2. The fraction of sp³-hybridized carbons (Fsp3) is 0.167. The van der Waals surface area contributed by atoms with Crippen LogP contribution in [0.25, 0.3) is 0 Å². The summed E-state index contributed by atoms with van der Waals surface area (Å²) in [4.78, 5) is 22.4. The van der Waals surface area contributed by atoms with Crippen molar-refractivity contribution in [3.63, 3.8) is 0 Å². The Hall–Kier alpha value is -3.83. The third kappa shape index (κ3) is 5.65. The van der Waals surface area contributed by atoms with Crippen molar-refractivity contribution >= 4 is 35.0 Å². The highest BCUT2D eigenvalue weighted by Crippen LogP contribution is 2.33. The number of hydrogen-bond donors (Lipinski definition) is 2. The van der Waals surface area contributed by atoms with Gasteiger partial charge in [0.25, 0.3) is 5.91 Å². The summed E-state index contributed by atoms with van der Waals surface area (Å²) in [5.41, 5.74) is 1.26. The van der Waals surface area contributed by atoms with Crippen LogP contribution in [0.1, 0.15) is 12.8 Å². The number of carbonyl (C=O) groups excluding carboxylic acids is 1. The van der Waals surface area contributed by atoms with E-state index in [9.17, 15) is 10.1 Å². The second-order valence-electron chi connectivity index (χ2n) is 7.16. The number of rotatable bonds is 8. The number of nitrogens with zero attached hydrogens (tertiary/aromatic N) is 3. The number of methoxy groups -OCH3 is 1. The average Bonchev–Trinajstić information content (AvgIpc) is 3.63. The molecule has 8 heteroatoms. The van der Waals surface area contributed by atoms with Crippen molar-refractivity contribution in [1.82, 2.24) is 9.97 Å². The minimum absolute atomic E-state index is 0.131. The molecule has 0 aliphatic heterocycles. The van der Waals surface area contributed by atoms with Crippen molar-refractivity contribution in [3.05, 3.63) is 72.4 Å². The molecular weight excluding hydrogens is 422 g/mol. The molecule has 7 nitrogen and oxygen atoms in total. The number of nitriles is 1. The van der Waals surface area contributed by atoms with Gasteiger partial charge in [0.2, 0.25) is 5.95 Å². The van der Waals surface area contributed by atoms with Crippen LogP contribution in [0.2, 0.25) is 0 Å². The smallest absolute Gasteiger partial charge is 0.265 e. The van der Waals surface area contributed by atoms with Gasteiger partial charge in [0.15, 0.2) is 0 Å². The molecule has 0 bridgehead atoms. The number of carbonyl (C=O) groups is 1. The lowest BCUT2D eigenvalue weighted by Crippen LogP contribution is -2.14. The molecule has 3 aromatic rings. The summed E-state index contributed by atoms with van der Waals surface area (Å²) in [5.74, 6) is 0.885. The van der Waals surface area contributed by atoms with Crippen molar-refractivity contribution in [3.8, 4) is 11.8 Å². The second-order valence-corrected chi connectivity index (χ2v) is 8.25. The fourth-order valence-corrected chi connectivity index (χ4v) is 3.73. The van der Waals surface area contributed by atoms with Crippen LogP contribution in [0, 0.1) is 17.2 Å². The van der Waals surface area contributed by atoms with E-state index < -0.39 is 5.91 Å². The molecule has 1 amide bonds. The van der Waals surface area contributed by atoms with Gasteiger partial charge < -0.3 is 15.4 Å². The van der Waals surface area contributed by atoms with E-state index in [1.807, 2.05) is 42.5 Å². The molecule has 1 aliphatic rings. The van der Waals surface area contributed by atoms with E-state index in [1.54, 1.807) is 37.6 Å². The SMILES string of the molecule is COc1ccc(NC(=O)/C(C#N)=C\C2CC2)cc1Nc1nccc(Sc2ccccc2)n1. The highest BCUT2D eigenvalue weighted by Gasteiger charge is 2.22. The summed E-state index contributed by atoms with van der Waals surface area (Å²) < 4.78 is 5.43. The number of amides is 1. The van der Waals surface area contributed by atoms with E-state index >= 15 is 0 Å². The average molecular weight is 444 g/mol. The van der Waals surface area contributed by atoms with E-state index in [2.05, 4.69) is 20.6 Å². The highest BCUT2D eigenvalue weighted by molar-refractivity contribution is 7.99. The summed E-state index contributed by atoms with van der Waals surface area (Å²) in [6.07, 6.45) is 5.47. The number of benzene rings is 2. The summed E-state index contributed by atoms with van der Waals surface area (Å²) >= 11 is 1.53. The van der Waals surface area contributed by atoms with Crippen molar-refractivity contribution in [2.24, 2.45) is 5.92 Å². The Morgan fingerprint density at radius 1 is 1.22 bits per heavy atom. The van der Waals surface area contributed by atoms with Gasteiger partial charge in [-0.3, -0.25) is 4.79 Å². The van der Waals surface area contributed by atoms with Crippen molar-refractivity contribution in [1.29, 1.82) is 5.26 Å². The normalized spacial score (nSPS) is 13.2. The van der Waals surface area contributed by atoms with Gasteiger partial charge in [-0.1, -0.05) is 36.0 Å². The van der Waals surface area contributed by atoms with Crippen molar-refractivity contribution < 1.29 is 9.53 Å². The molecule has 160 valence electrons. The van der Waals surface area contributed by atoms with Gasteiger partial charge in [0.05, 0.1) is 12.8 Å². The van der Waals surface area contributed by atoms with Gasteiger partial charge in [0.1, 0.15) is 22.4 Å². The first kappa shape index (κ1) is 21.4. The number of allylic oxidation sites excluding steroid dienone is 1. The molecule has 2 aromatic carbocycles. The highest BCUT2D eigenvalue weighted by atomic mass is 32.2. The molecule has 4 rings (SSSR count). The lowest BCUT2D eigenvalue weighted by Gasteiger charge is -2.13. The standard InChI is InChI=1S/C24H21N5O2S/c1-31-21-10-9-18(27-23(30)17(15-25)13-16-7-8-16)14-20(21)28-24-26-12-11-22(29-24)32-19-5-3-2-4-6-19/h2-6,9-14,16H,7-8H2,1H3,(H,27,30)(H,26,28,29)/b17-13-. The van der Waals surface area contributed by atoms with Crippen LogP contribution in [-0.4, -0.2) is 23.0 Å². The molecule has 1 saturated carbocycles. The van der Waals surface area contributed by atoms with Crippen LogP contribution in [0.3, 0.4) is 0 Å². The molecule has 32 heavy (non-hydrogen) atoms. The van der Waals surface area contributed by atoms with E-state index in [4.69, 9.17) is 4.74 Å². The molecule has 1 aromatic heterocycles. The minimum Gasteiger partial charge on any atom is -0.495 e. The molecule has 0 atom stereocenters. The first-order chi connectivity index (χ1) is 15.6. The van der Waals surface area contributed by atoms with Gasteiger partial charge in [-0.05, 0) is 55.2 Å². The predicted molar refractivity (Wildman–Crippen MR) is 124 cm³/mol. The lowest BCUT2D eigenvalue weighted by atomic mass is 10.2. The molecule has 2 N–H and O–H groups in total. The lowest BCUT2D eigenvalue weighted by molar-refractivity contribution is -0.112. The van der Waals surface area contributed by atoms with E-state index in [0.29, 0.717) is 29.0 Å². The Bertz CT molecular complexity index is 1190. The molecule has 1 fully saturated rings. The first-order valence-corrected chi connectivity index (χ1v) is 10.9. The number of ether oxygens (including phenoxy) is 1. The molecule has 0 saturated heterocycles. The first-order valence-electron chi connectivity index (χ1n) is 10.1. The van der Waals surface area contributed by atoms with E-state index in [0.717, 1.165) is 22.8 Å². The number of anilines is 3. The molecule has 0 unspecified atom stereocenters. The van der Waals surface area contributed by atoms with Crippen LogP contribution in [-0.2, 0) is 4.79 Å². The Labute approximate surface area is 190 Å². The third-order valence-electron chi connectivity index (χ3n) is 4.69. The largest absolute Gasteiger partial charge is 0.495 e. The summed E-state index contributed by atoms with van der Waals surface area (Å²) in [6, 6.07) is 19.0. The zero-order valence-electron chi connectivity index (χ0n) is 17.4. The van der Waals surface area contributed by atoms with Crippen LogP contribution in [0.5, 0.6) is 5.75 Å². The van der Waals surface area contributed by atoms with Gasteiger partial charge in [-0.25, -0.2) is 9.97 Å². The molecule has 0 spiro atoms. The number of aromatic nitrogens is 2. The maximum absolute atomic E-state index is 12.5. The van der Waals surface area contributed by atoms with Crippen molar-refractivity contribution in [2.45, 2.75) is 22.8 Å².